The Labute approximate surface area is 128 Å². The molecule has 1 aromatic carbocycles. The summed E-state index contributed by atoms with van der Waals surface area (Å²) in [5.74, 6) is -0.851. The Balaban J connectivity index is 1.95. The van der Waals surface area contributed by atoms with Gasteiger partial charge in [0.25, 0.3) is 0 Å². The van der Waals surface area contributed by atoms with Gasteiger partial charge in [0.05, 0.1) is 18.9 Å². The summed E-state index contributed by atoms with van der Waals surface area (Å²) in [6.07, 6.45) is 1.67. The number of aromatic nitrogens is 1. The van der Waals surface area contributed by atoms with Crippen molar-refractivity contribution in [2.24, 2.45) is 0 Å². The number of benzene rings is 1. The first kappa shape index (κ1) is 14.7. The lowest BCUT2D eigenvalue weighted by Crippen LogP contribution is -2.43. The molecule has 0 N–H and O–H groups in total. The van der Waals surface area contributed by atoms with Crippen molar-refractivity contribution in [3.63, 3.8) is 0 Å². The summed E-state index contributed by atoms with van der Waals surface area (Å²) in [6, 6.07) is 11.5. The van der Waals surface area contributed by atoms with Gasteiger partial charge in [-0.3, -0.25) is 9.78 Å². The maximum absolute atomic E-state index is 13.2. The van der Waals surface area contributed by atoms with Crippen LogP contribution in [0.15, 0.2) is 48.7 Å². The van der Waals surface area contributed by atoms with Gasteiger partial charge in [-0.2, -0.15) is 0 Å². The van der Waals surface area contributed by atoms with Gasteiger partial charge in [0.2, 0.25) is 5.91 Å². The molecule has 2 heterocycles. The Morgan fingerprint density at radius 1 is 1.14 bits per heavy atom. The smallest absolute Gasteiger partial charge is 0.236 e. The maximum Gasteiger partial charge on any atom is 0.236 e. The van der Waals surface area contributed by atoms with Crippen LogP contribution in [0.3, 0.4) is 0 Å². The first-order valence-corrected chi connectivity index (χ1v) is 7.28. The van der Waals surface area contributed by atoms with Crippen molar-refractivity contribution in [2.75, 3.05) is 26.3 Å². The van der Waals surface area contributed by atoms with Crippen LogP contribution < -0.4 is 0 Å². The van der Waals surface area contributed by atoms with E-state index in [0.717, 1.165) is 5.56 Å². The molecule has 1 atom stereocenters. The summed E-state index contributed by atoms with van der Waals surface area (Å²) in [4.78, 5) is 19.0. The van der Waals surface area contributed by atoms with Crippen LogP contribution in [0.1, 0.15) is 17.2 Å². The third-order valence-corrected chi connectivity index (χ3v) is 3.76. The highest BCUT2D eigenvalue weighted by molar-refractivity contribution is 5.86. The van der Waals surface area contributed by atoms with Gasteiger partial charge in [-0.15, -0.1) is 0 Å². The first-order valence-electron chi connectivity index (χ1n) is 7.28. The molecule has 1 aliphatic heterocycles. The number of halogens is 1. The standard InChI is InChI=1S/C17H17FN2O2/c18-14-6-4-13(5-7-14)16(15-3-1-2-8-19-15)17(21)20-9-11-22-12-10-20/h1-8,16H,9-12H2. The van der Waals surface area contributed by atoms with Gasteiger partial charge >= 0.3 is 0 Å². The van der Waals surface area contributed by atoms with E-state index in [9.17, 15) is 9.18 Å². The van der Waals surface area contributed by atoms with E-state index in [2.05, 4.69) is 4.98 Å². The van der Waals surface area contributed by atoms with Crippen molar-refractivity contribution < 1.29 is 13.9 Å². The van der Waals surface area contributed by atoms with Gasteiger partial charge in [-0.05, 0) is 29.8 Å². The van der Waals surface area contributed by atoms with Crippen molar-refractivity contribution >= 4 is 5.91 Å². The molecule has 0 saturated carbocycles. The fraction of sp³-hybridized carbons (Fsp3) is 0.294. The van der Waals surface area contributed by atoms with Crippen molar-refractivity contribution in [1.29, 1.82) is 0 Å². The fourth-order valence-corrected chi connectivity index (χ4v) is 2.61. The maximum atomic E-state index is 13.2. The van der Waals surface area contributed by atoms with Gasteiger partial charge in [0.15, 0.2) is 0 Å². The van der Waals surface area contributed by atoms with Crippen LogP contribution in [-0.4, -0.2) is 42.1 Å². The van der Waals surface area contributed by atoms with E-state index >= 15 is 0 Å². The molecule has 1 amide bonds. The van der Waals surface area contributed by atoms with E-state index in [1.54, 1.807) is 23.2 Å². The molecule has 0 bridgehead atoms. The van der Waals surface area contributed by atoms with Crippen LogP contribution in [0.5, 0.6) is 0 Å². The molecule has 4 nitrogen and oxygen atoms in total. The SMILES string of the molecule is O=C(C(c1ccc(F)cc1)c1ccccn1)N1CCOCC1. The van der Waals surface area contributed by atoms with E-state index in [1.807, 2.05) is 18.2 Å². The number of hydrogen-bond donors (Lipinski definition) is 0. The molecular weight excluding hydrogens is 283 g/mol. The molecule has 0 radical (unpaired) electrons. The number of pyridine rings is 1. The van der Waals surface area contributed by atoms with E-state index in [1.165, 1.54) is 12.1 Å². The van der Waals surface area contributed by atoms with E-state index in [-0.39, 0.29) is 11.7 Å². The van der Waals surface area contributed by atoms with E-state index < -0.39 is 5.92 Å². The number of nitrogens with zero attached hydrogens (tertiary/aromatic N) is 2. The Morgan fingerprint density at radius 3 is 2.50 bits per heavy atom. The fourth-order valence-electron chi connectivity index (χ4n) is 2.61. The summed E-state index contributed by atoms with van der Waals surface area (Å²) in [6.45, 7) is 2.24. The number of rotatable bonds is 3. The monoisotopic (exact) mass is 300 g/mol. The summed E-state index contributed by atoms with van der Waals surface area (Å²) in [5, 5.41) is 0. The van der Waals surface area contributed by atoms with Crippen LogP contribution in [0.2, 0.25) is 0 Å². The predicted octanol–water partition coefficient (Wildman–Crippen LogP) is 2.21. The van der Waals surface area contributed by atoms with E-state index in [4.69, 9.17) is 4.74 Å². The van der Waals surface area contributed by atoms with Crippen molar-refractivity contribution in [3.05, 3.63) is 65.7 Å². The minimum Gasteiger partial charge on any atom is -0.378 e. The second kappa shape index (κ2) is 6.66. The summed E-state index contributed by atoms with van der Waals surface area (Å²) in [7, 11) is 0. The molecule has 0 aliphatic carbocycles. The summed E-state index contributed by atoms with van der Waals surface area (Å²) >= 11 is 0. The Bertz CT molecular complexity index is 625. The van der Waals surface area contributed by atoms with Gasteiger partial charge in [-0.1, -0.05) is 18.2 Å². The average molecular weight is 300 g/mol. The number of ether oxygens (including phenoxy) is 1. The Morgan fingerprint density at radius 2 is 1.86 bits per heavy atom. The van der Waals surface area contributed by atoms with Crippen molar-refractivity contribution in [1.82, 2.24) is 9.88 Å². The molecule has 1 aliphatic rings. The number of morpholine rings is 1. The zero-order valence-corrected chi connectivity index (χ0v) is 12.1. The molecular formula is C17H17FN2O2. The number of carbonyl (C=O) groups is 1. The second-order valence-electron chi connectivity index (χ2n) is 5.18. The van der Waals surface area contributed by atoms with Gasteiger partial charge < -0.3 is 9.64 Å². The third kappa shape index (κ3) is 3.14. The zero-order chi connectivity index (χ0) is 15.4. The summed E-state index contributed by atoms with van der Waals surface area (Å²) in [5.41, 5.74) is 1.42. The molecule has 1 fully saturated rings. The molecule has 3 rings (SSSR count). The lowest BCUT2D eigenvalue weighted by molar-refractivity contribution is -0.136. The molecule has 114 valence electrons. The highest BCUT2D eigenvalue weighted by Gasteiger charge is 2.29. The minimum absolute atomic E-state index is 0.0198. The van der Waals surface area contributed by atoms with Gasteiger partial charge in [-0.25, -0.2) is 4.39 Å². The quantitative estimate of drug-likeness (QED) is 0.873. The Hall–Kier alpha value is -2.27. The number of hydrogen-bond acceptors (Lipinski definition) is 3. The average Bonchev–Trinajstić information content (AvgIpc) is 2.58. The zero-order valence-electron chi connectivity index (χ0n) is 12.1. The highest BCUT2D eigenvalue weighted by Crippen LogP contribution is 2.26. The van der Waals surface area contributed by atoms with Crippen LogP contribution in [-0.2, 0) is 9.53 Å². The highest BCUT2D eigenvalue weighted by atomic mass is 19.1. The third-order valence-electron chi connectivity index (χ3n) is 3.76. The largest absolute Gasteiger partial charge is 0.378 e. The van der Waals surface area contributed by atoms with E-state index in [0.29, 0.717) is 32.0 Å². The van der Waals surface area contributed by atoms with Gasteiger partial charge in [0, 0.05) is 19.3 Å². The van der Waals surface area contributed by atoms with Gasteiger partial charge in [0.1, 0.15) is 11.7 Å². The van der Waals surface area contributed by atoms with Crippen LogP contribution in [0, 0.1) is 5.82 Å². The topological polar surface area (TPSA) is 42.4 Å². The van der Waals surface area contributed by atoms with Crippen molar-refractivity contribution in [3.8, 4) is 0 Å². The predicted molar refractivity (Wildman–Crippen MR) is 79.9 cm³/mol. The molecule has 1 saturated heterocycles. The van der Waals surface area contributed by atoms with Crippen LogP contribution in [0.4, 0.5) is 4.39 Å². The number of amides is 1. The summed E-state index contributed by atoms with van der Waals surface area (Å²) < 4.78 is 18.5. The Kier molecular flexibility index (Phi) is 4.44. The molecule has 22 heavy (non-hydrogen) atoms. The number of carbonyl (C=O) groups excluding carboxylic acids is 1. The second-order valence-corrected chi connectivity index (χ2v) is 5.18. The molecule has 1 aromatic heterocycles. The molecule has 0 spiro atoms. The van der Waals surface area contributed by atoms with Crippen LogP contribution in [0.25, 0.3) is 0 Å². The molecule has 1 unspecified atom stereocenters. The molecule has 2 aromatic rings. The van der Waals surface area contributed by atoms with Crippen LogP contribution >= 0.6 is 0 Å². The normalized spacial score (nSPS) is 16.3. The van der Waals surface area contributed by atoms with Crippen molar-refractivity contribution in [2.45, 2.75) is 5.92 Å². The molecule has 5 heteroatoms. The first-order chi connectivity index (χ1) is 10.8. The minimum atomic E-state index is -0.514. The lowest BCUT2D eigenvalue weighted by atomic mass is 9.93. The lowest BCUT2D eigenvalue weighted by Gasteiger charge is -2.30.